The molecule has 19 heavy (non-hydrogen) atoms. The van der Waals surface area contributed by atoms with Crippen LogP contribution in [0.15, 0.2) is 24.3 Å². The number of nitrogens with zero attached hydrogens (tertiary/aromatic N) is 2. The molecule has 101 valence electrons. The number of carbonyl (C=O) groups is 1. The average molecular weight is 259 g/mol. The zero-order valence-corrected chi connectivity index (χ0v) is 11.0. The number of rotatable bonds is 2. The van der Waals surface area contributed by atoms with E-state index in [0.29, 0.717) is 5.75 Å². The molecule has 1 aromatic rings. The lowest BCUT2D eigenvalue weighted by Crippen LogP contribution is -2.31. The van der Waals surface area contributed by atoms with Crippen LogP contribution in [0.5, 0.6) is 5.75 Å². The Morgan fingerprint density at radius 2 is 2.00 bits per heavy atom. The number of benzene rings is 1. The number of hydrogen-bond acceptors (Lipinski definition) is 2. The summed E-state index contributed by atoms with van der Waals surface area (Å²) in [5.41, 5.74) is 1.05. The van der Waals surface area contributed by atoms with Gasteiger partial charge in [-0.05, 0) is 31.7 Å². The number of likely N-dealkylation sites (tertiary alicyclic amines) is 1. The Kier molecular flexibility index (Phi) is 3.69. The smallest absolute Gasteiger partial charge is 0.410 e. The topological polar surface area (TPSA) is 43.6 Å². The second kappa shape index (κ2) is 5.61. The molecule has 2 aliphatic heterocycles. The van der Waals surface area contributed by atoms with E-state index < -0.39 is 0 Å². The summed E-state index contributed by atoms with van der Waals surface area (Å²) in [6, 6.07) is 7.98. The van der Waals surface area contributed by atoms with Gasteiger partial charge in [0.2, 0.25) is 0 Å². The highest BCUT2D eigenvalue weighted by Gasteiger charge is 2.24. The van der Waals surface area contributed by atoms with E-state index in [1.165, 1.54) is 0 Å². The number of para-hydroxylation sites is 1. The fourth-order valence-corrected chi connectivity index (χ4v) is 2.78. The van der Waals surface area contributed by atoms with Crippen molar-refractivity contribution in [2.45, 2.75) is 31.7 Å². The maximum absolute atomic E-state index is 12.1. The molecule has 1 atom stereocenters. The van der Waals surface area contributed by atoms with Crippen molar-refractivity contribution in [1.29, 1.82) is 0 Å². The number of amides is 1. The van der Waals surface area contributed by atoms with Crippen LogP contribution in [-0.2, 0) is 0 Å². The van der Waals surface area contributed by atoms with Crippen LogP contribution in [-0.4, -0.2) is 30.6 Å². The van der Waals surface area contributed by atoms with Crippen LogP contribution in [0.2, 0.25) is 0 Å². The quantitative estimate of drug-likeness (QED) is 0.819. The van der Waals surface area contributed by atoms with Crippen molar-refractivity contribution >= 4 is 6.09 Å². The summed E-state index contributed by atoms with van der Waals surface area (Å²) in [4.78, 5) is 13.8. The van der Waals surface area contributed by atoms with E-state index in [2.05, 4.69) is 5.32 Å². The Morgan fingerprint density at radius 3 is 2.74 bits per heavy atom. The lowest BCUT2D eigenvalue weighted by molar-refractivity contribution is 0.162. The first-order chi connectivity index (χ1) is 9.34. The van der Waals surface area contributed by atoms with Crippen LogP contribution >= 0.6 is 0 Å². The van der Waals surface area contributed by atoms with Gasteiger partial charge in [-0.2, -0.15) is 0 Å². The minimum Gasteiger partial charge on any atom is -0.410 e. The summed E-state index contributed by atoms with van der Waals surface area (Å²) in [5, 5.41) is 4.57. The predicted molar refractivity (Wildman–Crippen MR) is 72.2 cm³/mol. The molecule has 2 heterocycles. The van der Waals surface area contributed by atoms with Crippen molar-refractivity contribution in [2.75, 3.05) is 19.6 Å². The molecule has 1 radical (unpaired) electrons. The van der Waals surface area contributed by atoms with Crippen molar-refractivity contribution in [3.63, 3.8) is 0 Å². The number of ether oxygens (including phenoxy) is 1. The Bertz CT molecular complexity index is 449. The van der Waals surface area contributed by atoms with Crippen molar-refractivity contribution in [3.8, 4) is 5.75 Å². The van der Waals surface area contributed by atoms with Gasteiger partial charge in [-0.3, -0.25) is 0 Å². The molecule has 0 saturated carbocycles. The minimum absolute atomic E-state index is 0.197. The highest BCUT2D eigenvalue weighted by Crippen LogP contribution is 2.32. The Balaban J connectivity index is 1.74. The molecule has 3 rings (SSSR count). The predicted octanol–water partition coefficient (Wildman–Crippen LogP) is 2.72. The van der Waals surface area contributed by atoms with Gasteiger partial charge >= 0.3 is 6.09 Å². The molecule has 1 aromatic carbocycles. The van der Waals surface area contributed by atoms with Crippen molar-refractivity contribution in [1.82, 2.24) is 10.2 Å². The van der Waals surface area contributed by atoms with Crippen molar-refractivity contribution in [2.24, 2.45) is 0 Å². The third-order valence-corrected chi connectivity index (χ3v) is 3.82. The Morgan fingerprint density at radius 1 is 1.21 bits per heavy atom. The summed E-state index contributed by atoms with van der Waals surface area (Å²) in [6.07, 6.45) is 4.11. The molecule has 2 aliphatic rings. The standard InChI is InChI=1S/C15H19N2O2/c18-15(17-10-3-4-11-17)19-14-8-2-1-6-12(14)13-7-5-9-16-13/h1-2,6,8,13H,3-5,7,9-11H2/t13-/m1/s1. The van der Waals surface area contributed by atoms with E-state index in [9.17, 15) is 4.79 Å². The summed E-state index contributed by atoms with van der Waals surface area (Å²) in [7, 11) is 0. The highest BCUT2D eigenvalue weighted by atomic mass is 16.6. The maximum Gasteiger partial charge on any atom is 0.415 e. The highest BCUT2D eigenvalue weighted by molar-refractivity contribution is 5.71. The fourth-order valence-electron chi connectivity index (χ4n) is 2.78. The van der Waals surface area contributed by atoms with Crippen molar-refractivity contribution < 1.29 is 9.53 Å². The zero-order valence-electron chi connectivity index (χ0n) is 11.0. The monoisotopic (exact) mass is 259 g/mol. The van der Waals surface area contributed by atoms with Gasteiger partial charge in [0.15, 0.2) is 0 Å². The van der Waals surface area contributed by atoms with Crippen LogP contribution in [0.4, 0.5) is 4.79 Å². The minimum atomic E-state index is -0.219. The molecule has 0 bridgehead atoms. The Labute approximate surface area is 113 Å². The van der Waals surface area contributed by atoms with Gasteiger partial charge < -0.3 is 9.64 Å². The zero-order chi connectivity index (χ0) is 13.1. The molecule has 0 unspecified atom stereocenters. The van der Waals surface area contributed by atoms with Gasteiger partial charge in [0, 0.05) is 25.2 Å². The summed E-state index contributed by atoms with van der Waals surface area (Å²) >= 11 is 0. The summed E-state index contributed by atoms with van der Waals surface area (Å²) < 4.78 is 5.57. The summed E-state index contributed by atoms with van der Waals surface area (Å²) in [5.74, 6) is 0.676. The third kappa shape index (κ3) is 2.73. The van der Waals surface area contributed by atoms with Gasteiger partial charge in [0.05, 0.1) is 6.04 Å². The molecule has 2 fully saturated rings. The first-order valence-corrected chi connectivity index (χ1v) is 7.07. The lowest BCUT2D eigenvalue weighted by Gasteiger charge is -2.18. The molecule has 4 heteroatoms. The number of carbonyl (C=O) groups excluding carboxylic acids is 1. The van der Waals surface area contributed by atoms with E-state index in [1.807, 2.05) is 24.3 Å². The molecule has 0 spiro atoms. The second-order valence-electron chi connectivity index (χ2n) is 5.16. The number of hydrogen-bond donors (Lipinski definition) is 0. The lowest BCUT2D eigenvalue weighted by atomic mass is 10.0. The molecule has 0 aromatic heterocycles. The molecule has 2 saturated heterocycles. The largest absolute Gasteiger partial charge is 0.415 e. The Hall–Kier alpha value is -1.55. The van der Waals surface area contributed by atoms with E-state index in [0.717, 1.165) is 50.9 Å². The molecular weight excluding hydrogens is 240 g/mol. The third-order valence-electron chi connectivity index (χ3n) is 3.82. The average Bonchev–Trinajstić information content (AvgIpc) is 3.13. The van der Waals surface area contributed by atoms with Gasteiger partial charge in [-0.25, -0.2) is 10.1 Å². The normalized spacial score (nSPS) is 22.7. The molecular formula is C15H19N2O2. The molecule has 0 aliphatic carbocycles. The fraction of sp³-hybridized carbons (Fsp3) is 0.533. The molecule has 0 N–H and O–H groups in total. The van der Waals surface area contributed by atoms with Gasteiger partial charge in [-0.1, -0.05) is 18.2 Å². The first kappa shape index (κ1) is 12.5. The van der Waals surface area contributed by atoms with Crippen LogP contribution in [0.1, 0.15) is 37.3 Å². The van der Waals surface area contributed by atoms with Crippen LogP contribution in [0.25, 0.3) is 0 Å². The SMILES string of the molecule is O=C(Oc1ccccc1[C@H]1CCC[N]1)N1CCCC1. The first-order valence-electron chi connectivity index (χ1n) is 7.07. The molecule has 4 nitrogen and oxygen atoms in total. The summed E-state index contributed by atoms with van der Waals surface area (Å²) in [6.45, 7) is 2.54. The van der Waals surface area contributed by atoms with E-state index in [1.54, 1.807) is 4.90 Å². The van der Waals surface area contributed by atoms with Gasteiger partial charge in [0.1, 0.15) is 5.75 Å². The van der Waals surface area contributed by atoms with Crippen LogP contribution < -0.4 is 10.1 Å². The van der Waals surface area contributed by atoms with Crippen LogP contribution in [0.3, 0.4) is 0 Å². The van der Waals surface area contributed by atoms with E-state index >= 15 is 0 Å². The second-order valence-corrected chi connectivity index (χ2v) is 5.16. The molecule has 1 amide bonds. The van der Waals surface area contributed by atoms with Crippen molar-refractivity contribution in [3.05, 3.63) is 29.8 Å². The maximum atomic E-state index is 12.1. The van der Waals surface area contributed by atoms with Gasteiger partial charge in [-0.15, -0.1) is 0 Å². The van der Waals surface area contributed by atoms with E-state index in [4.69, 9.17) is 4.74 Å². The van der Waals surface area contributed by atoms with E-state index in [-0.39, 0.29) is 12.1 Å². The van der Waals surface area contributed by atoms with Crippen LogP contribution in [0, 0.1) is 0 Å². The van der Waals surface area contributed by atoms with Gasteiger partial charge in [0.25, 0.3) is 0 Å².